The molecule has 0 radical (unpaired) electrons. The first-order valence-electron chi connectivity index (χ1n) is 22.5. The second-order valence-corrected chi connectivity index (χ2v) is 23.7. The molecule has 1 saturated heterocycles. The molecule has 65 heavy (non-hydrogen) atoms. The van der Waals surface area contributed by atoms with Gasteiger partial charge < -0.3 is 18.9 Å². The van der Waals surface area contributed by atoms with Crippen LogP contribution in [0.25, 0.3) is 65.4 Å². The number of nitrogens with zero attached hydrogens (tertiary/aromatic N) is 2. The van der Waals surface area contributed by atoms with Crippen LogP contribution in [-0.2, 0) is 22.4 Å². The number of para-hydroxylation sites is 5. The highest BCUT2D eigenvalue weighted by Crippen LogP contribution is 2.61. The number of fused-ring (bicyclic) bond motifs is 9. The Morgan fingerprint density at radius 3 is 1.37 bits per heavy atom. The highest BCUT2D eigenvalue weighted by atomic mass is 79.9. The molecule has 10 rings (SSSR count). The molecule has 0 aliphatic carbocycles. The van der Waals surface area contributed by atoms with Crippen LogP contribution in [0, 0.1) is 0 Å². The van der Waals surface area contributed by atoms with Gasteiger partial charge in [-0.3, -0.25) is 9.36 Å². The summed E-state index contributed by atoms with van der Waals surface area (Å²) in [6, 6.07) is 48.7. The molecule has 0 saturated carbocycles. The number of alkyl halides is 2. The van der Waals surface area contributed by atoms with Crippen LogP contribution >= 0.6 is 66.5 Å². The molecule has 6 aromatic carbocycles. The van der Waals surface area contributed by atoms with Crippen molar-refractivity contribution in [3.8, 4) is 0 Å². The number of H-pyrrole nitrogens is 1. The van der Waals surface area contributed by atoms with Crippen LogP contribution < -0.4 is 0 Å². The summed E-state index contributed by atoms with van der Waals surface area (Å²) in [4.78, 5) is 14.4. The highest BCUT2D eigenvalue weighted by Gasteiger charge is 2.11. The van der Waals surface area contributed by atoms with Gasteiger partial charge in [0.05, 0.1) is 0 Å². The number of rotatable bonds is 13. The summed E-state index contributed by atoms with van der Waals surface area (Å²) in [7, 11) is 0. The second kappa shape index (κ2) is 26.5. The Morgan fingerprint density at radius 1 is 0.538 bits per heavy atom. The molecular weight excluding hydrogens is 979 g/mol. The quantitative estimate of drug-likeness (QED) is 0.0541. The van der Waals surface area contributed by atoms with Crippen LogP contribution in [0.4, 0.5) is 0 Å². The first kappa shape index (κ1) is 50.6. The lowest BCUT2D eigenvalue weighted by atomic mass is 10.1. The third-order valence-corrected chi connectivity index (χ3v) is 12.2. The first-order valence-corrected chi connectivity index (χ1v) is 28.6. The predicted octanol–water partition coefficient (Wildman–Crippen LogP) is 18.1. The van der Waals surface area contributed by atoms with Crippen molar-refractivity contribution in [3.63, 3.8) is 0 Å². The summed E-state index contributed by atoms with van der Waals surface area (Å²) in [5, 5.41) is 5.66. The van der Waals surface area contributed by atoms with Gasteiger partial charge in [0.15, 0.2) is 0 Å². The number of unbranched alkanes of at least 4 members (excludes halogenated alkanes) is 6. The fraction of sp³-hybridized carbons (Fsp3) is 0.302. The molecule has 0 spiro atoms. The van der Waals surface area contributed by atoms with Crippen molar-refractivity contribution in [2.45, 2.75) is 77.3 Å². The summed E-state index contributed by atoms with van der Waals surface area (Å²) in [6.45, 7) is 4.13. The van der Waals surface area contributed by atoms with Crippen molar-refractivity contribution in [3.05, 3.63) is 145 Å². The van der Waals surface area contributed by atoms with E-state index in [-0.39, 0.29) is 0 Å². The van der Waals surface area contributed by atoms with E-state index >= 15 is 0 Å². The number of benzene rings is 6. The predicted molar refractivity (Wildman–Crippen MR) is 287 cm³/mol. The topological polar surface area (TPSA) is 69.0 Å². The van der Waals surface area contributed by atoms with Crippen LogP contribution in [0.1, 0.15) is 74.6 Å². The van der Waals surface area contributed by atoms with E-state index in [4.69, 9.17) is 16.3 Å². The van der Waals surface area contributed by atoms with Crippen molar-refractivity contribution in [2.75, 3.05) is 24.4 Å². The smallest absolute Gasteiger partial charge is 0.339 e. The normalized spacial score (nSPS) is 12.3. The molecule has 12 heteroatoms. The summed E-state index contributed by atoms with van der Waals surface area (Å²) in [5.74, 6) is 0.754. The number of carbonyl (C=O) groups is 1. The van der Waals surface area contributed by atoms with Gasteiger partial charge in [-0.2, -0.15) is 0 Å². The molecule has 342 valence electrons. The van der Waals surface area contributed by atoms with Gasteiger partial charge in [-0.1, -0.05) is 133 Å². The number of carbonyl (C=O) groups excluding carboxylic acids is 1. The van der Waals surface area contributed by atoms with Crippen LogP contribution in [-0.4, -0.2) is 44.8 Å². The number of aromatic amines is 1. The lowest BCUT2D eigenvalue weighted by molar-refractivity contribution is 0.112. The molecule has 4 heterocycles. The van der Waals surface area contributed by atoms with Crippen LogP contribution in [0.3, 0.4) is 0 Å². The van der Waals surface area contributed by atoms with Crippen LogP contribution in [0.2, 0.25) is 0 Å². The maximum Gasteiger partial charge on any atom is 0.339 e. The molecule has 1 N–H and O–H groups in total. The summed E-state index contributed by atoms with van der Waals surface area (Å²) in [5.41, 5.74) is 8.36. The van der Waals surface area contributed by atoms with Gasteiger partial charge in [0.1, 0.15) is 6.29 Å². The monoisotopic (exact) mass is 1030 g/mol. The van der Waals surface area contributed by atoms with Gasteiger partial charge in [-0.05, 0) is 121 Å². The van der Waals surface area contributed by atoms with Crippen molar-refractivity contribution >= 4 is 138 Å². The number of aldehydes is 1. The molecule has 0 unspecified atom stereocenters. The van der Waals surface area contributed by atoms with Gasteiger partial charge in [-0.15, -0.1) is 11.6 Å². The van der Waals surface area contributed by atoms with Gasteiger partial charge in [0.2, 0.25) is 0 Å². The highest BCUT2D eigenvalue weighted by molar-refractivity contribution is 9.09. The number of nitrogens with one attached hydrogen (secondary N) is 1. The average Bonchev–Trinajstić information content (AvgIpc) is 4.15. The Labute approximate surface area is 410 Å². The molecule has 6 nitrogen and oxygen atoms in total. The molecule has 0 bridgehead atoms. The number of halogens is 5. The Bertz CT molecular complexity index is 2800. The Kier molecular flexibility index (Phi) is 20.7. The van der Waals surface area contributed by atoms with Crippen molar-refractivity contribution in [1.29, 1.82) is 0 Å². The van der Waals surface area contributed by atoms with E-state index in [0.717, 1.165) is 62.2 Å². The van der Waals surface area contributed by atoms with E-state index in [0.29, 0.717) is 0 Å². The number of aryl methyl sites for hydroxylation is 2. The van der Waals surface area contributed by atoms with Gasteiger partial charge in [-0.25, -0.2) is 0 Å². The molecular formula is C53H57BrCl4N3O3P. The maximum absolute atomic E-state index is 11.0. The SMILES string of the molecule is BrCCCCCCn1c2ccccc2c2ccccc21.C1CCOC1.O=Cc1ccc2c(c1)c1ccccc1n2CCCCCCCl.O=P(Cl)(Cl)Cl.c1ccc2c(c1)[nH]c1ccccc12. The van der Waals surface area contributed by atoms with Crippen LogP contribution in [0.15, 0.2) is 140 Å². The zero-order valence-corrected chi connectivity index (χ0v) is 42.1. The number of ether oxygens (including phenoxy) is 1. The van der Waals surface area contributed by atoms with Crippen molar-refractivity contribution in [2.24, 2.45) is 0 Å². The molecule has 1 fully saturated rings. The van der Waals surface area contributed by atoms with Crippen molar-refractivity contribution in [1.82, 2.24) is 14.1 Å². The first-order chi connectivity index (χ1) is 31.7. The Morgan fingerprint density at radius 2 is 0.938 bits per heavy atom. The molecule has 3 aromatic heterocycles. The van der Waals surface area contributed by atoms with E-state index < -0.39 is 5.20 Å². The number of hydrogen-bond donors (Lipinski definition) is 1. The van der Waals surface area contributed by atoms with E-state index in [2.05, 4.69) is 191 Å². The standard InChI is InChI=1S/C19H20ClNO.C18H20BrN.C12H9N.C4H8O.Cl3OP/c20-11-5-1-2-6-12-21-18-8-4-3-7-16(18)17-13-15(14-22)9-10-19(17)21;19-13-7-1-2-8-14-20-17-11-5-3-9-15(17)16-10-4-6-12-18(16)20;1-3-7-11-9(5-1)10-6-2-4-8-12(10)13-11;1-2-4-5-3-1;1-5(2,3)4/h3-4,7-10,13-14H,1-2,5-6,11-12H2;3-6,9-12H,1-2,7-8,13-14H2;1-8,13H;1-4H2;. The zero-order chi connectivity index (χ0) is 45.9. The van der Waals surface area contributed by atoms with E-state index in [1.54, 1.807) is 0 Å². The summed E-state index contributed by atoms with van der Waals surface area (Å²) >= 11 is 23.1. The zero-order valence-electron chi connectivity index (χ0n) is 36.6. The van der Waals surface area contributed by atoms with Crippen molar-refractivity contribution < 1.29 is 14.1 Å². The molecule has 0 amide bonds. The summed E-state index contributed by atoms with van der Waals surface area (Å²) in [6.07, 6.45) is 13.3. The third kappa shape index (κ3) is 14.9. The van der Waals surface area contributed by atoms with E-state index in [9.17, 15) is 9.36 Å². The fourth-order valence-electron chi connectivity index (χ4n) is 8.37. The summed E-state index contributed by atoms with van der Waals surface area (Å²) < 4.78 is 19.3. The third-order valence-electron chi connectivity index (χ3n) is 11.4. The minimum Gasteiger partial charge on any atom is -0.381 e. The van der Waals surface area contributed by atoms with Gasteiger partial charge in [0, 0.05) is 108 Å². The lowest BCUT2D eigenvalue weighted by Crippen LogP contribution is -1.97. The lowest BCUT2D eigenvalue weighted by Gasteiger charge is -2.07. The Hall–Kier alpha value is -3.78. The minimum atomic E-state index is -3.22. The Balaban J connectivity index is 0.000000149. The average molecular weight is 1040 g/mol. The van der Waals surface area contributed by atoms with Gasteiger partial charge in [0.25, 0.3) is 0 Å². The largest absolute Gasteiger partial charge is 0.381 e. The van der Waals surface area contributed by atoms with Gasteiger partial charge >= 0.3 is 5.20 Å². The van der Waals surface area contributed by atoms with E-state index in [1.807, 2.05) is 12.1 Å². The van der Waals surface area contributed by atoms with Crippen LogP contribution in [0.5, 0.6) is 0 Å². The second-order valence-electron chi connectivity index (χ2n) is 15.9. The number of aromatic nitrogens is 3. The fourth-order valence-corrected chi connectivity index (χ4v) is 8.96. The molecule has 0 atom stereocenters. The maximum atomic E-state index is 11.0. The molecule has 9 aromatic rings. The number of hydrogen-bond acceptors (Lipinski definition) is 3. The molecule has 1 aliphatic rings. The van der Waals surface area contributed by atoms with E-state index in [1.165, 1.54) is 117 Å². The molecule has 1 aliphatic heterocycles. The minimum absolute atomic E-state index is 0.734.